The van der Waals surface area contributed by atoms with E-state index in [2.05, 4.69) is 15.9 Å². The minimum atomic E-state index is -0.0615. The lowest BCUT2D eigenvalue weighted by Gasteiger charge is -2.16. The number of alkyl halides is 1. The van der Waals surface area contributed by atoms with Crippen LogP contribution in [-0.2, 0) is 6.42 Å². The van der Waals surface area contributed by atoms with E-state index in [9.17, 15) is 4.39 Å². The fourth-order valence-corrected chi connectivity index (χ4v) is 3.31. The van der Waals surface area contributed by atoms with Gasteiger partial charge in [0.05, 0.1) is 0 Å². The molecule has 1 saturated carbocycles. The highest BCUT2D eigenvalue weighted by Gasteiger charge is 2.22. The number of hydrogen-bond donors (Lipinski definition) is 0. The Hall–Kier alpha value is -0.370. The summed E-state index contributed by atoms with van der Waals surface area (Å²) in [5, 5.41) is 0. The lowest BCUT2D eigenvalue weighted by molar-refractivity contribution is 0.501. The monoisotopic (exact) mass is 284 g/mol. The molecule has 0 amide bonds. The Morgan fingerprint density at radius 1 is 1.25 bits per heavy atom. The zero-order valence-corrected chi connectivity index (χ0v) is 11.0. The largest absolute Gasteiger partial charge is 0.207 e. The second kappa shape index (κ2) is 5.81. The van der Waals surface area contributed by atoms with Crippen LogP contribution in [0.1, 0.15) is 37.7 Å². The molecule has 0 saturated heterocycles. The first-order valence-corrected chi connectivity index (χ1v) is 7.06. The lowest BCUT2D eigenvalue weighted by atomic mass is 9.98. The predicted molar refractivity (Wildman–Crippen MR) is 69.4 cm³/mol. The molecule has 0 aliphatic heterocycles. The van der Waals surface area contributed by atoms with Crippen molar-refractivity contribution in [3.05, 3.63) is 35.6 Å². The summed E-state index contributed by atoms with van der Waals surface area (Å²) in [4.78, 5) is 0.564. The predicted octanol–water partition coefficient (Wildman–Crippen LogP) is 4.71. The molecule has 0 bridgehead atoms. The number of benzene rings is 1. The minimum absolute atomic E-state index is 0.0615. The van der Waals surface area contributed by atoms with Crippen LogP contribution in [0.4, 0.5) is 4.39 Å². The van der Waals surface area contributed by atoms with E-state index in [1.54, 1.807) is 12.1 Å². The molecule has 1 atom stereocenters. The van der Waals surface area contributed by atoms with Crippen LogP contribution in [0.2, 0.25) is 0 Å². The van der Waals surface area contributed by atoms with Crippen LogP contribution in [0, 0.1) is 11.7 Å². The third-order valence-corrected chi connectivity index (χ3v) is 4.76. The first-order valence-electron chi connectivity index (χ1n) is 6.15. The molecule has 1 aromatic rings. The summed E-state index contributed by atoms with van der Waals surface area (Å²) in [6.45, 7) is 0. The van der Waals surface area contributed by atoms with Gasteiger partial charge in [-0.25, -0.2) is 4.39 Å². The van der Waals surface area contributed by atoms with E-state index in [4.69, 9.17) is 0 Å². The standard InChI is InChI=1S/C14H18BrF/c15-13(11-5-1-2-6-11)10-9-12-7-3-4-8-14(12)16/h3-4,7-8,11,13H,1-2,5-6,9-10H2. The van der Waals surface area contributed by atoms with Crippen molar-refractivity contribution in [3.8, 4) is 0 Å². The quantitative estimate of drug-likeness (QED) is 0.703. The summed E-state index contributed by atoms with van der Waals surface area (Å²) in [5.74, 6) is 0.750. The molecule has 0 radical (unpaired) electrons. The van der Waals surface area contributed by atoms with E-state index in [-0.39, 0.29) is 5.82 Å². The summed E-state index contributed by atoms with van der Waals surface area (Å²) in [6.07, 6.45) is 7.31. The second-order valence-electron chi connectivity index (χ2n) is 4.69. The van der Waals surface area contributed by atoms with Crippen molar-refractivity contribution < 1.29 is 4.39 Å². The van der Waals surface area contributed by atoms with Gasteiger partial charge in [0.25, 0.3) is 0 Å². The van der Waals surface area contributed by atoms with Crippen molar-refractivity contribution in [3.63, 3.8) is 0 Å². The smallest absolute Gasteiger partial charge is 0.126 e. The van der Waals surface area contributed by atoms with Gasteiger partial charge in [-0.15, -0.1) is 0 Å². The van der Waals surface area contributed by atoms with E-state index >= 15 is 0 Å². The zero-order valence-electron chi connectivity index (χ0n) is 9.46. The Labute approximate surface area is 105 Å². The molecular formula is C14H18BrF. The maximum Gasteiger partial charge on any atom is 0.126 e. The normalized spacial score (nSPS) is 18.9. The Kier molecular flexibility index (Phi) is 4.39. The van der Waals surface area contributed by atoms with E-state index in [0.717, 1.165) is 24.3 Å². The number of hydrogen-bond acceptors (Lipinski definition) is 0. The lowest BCUT2D eigenvalue weighted by Crippen LogP contribution is -2.12. The van der Waals surface area contributed by atoms with Gasteiger partial charge in [0, 0.05) is 4.83 Å². The fourth-order valence-electron chi connectivity index (χ4n) is 2.55. The maximum absolute atomic E-state index is 13.4. The third kappa shape index (κ3) is 3.07. The molecule has 0 nitrogen and oxygen atoms in total. The molecule has 2 heteroatoms. The van der Waals surface area contributed by atoms with Gasteiger partial charge in [0.15, 0.2) is 0 Å². The molecule has 0 heterocycles. The van der Waals surface area contributed by atoms with Crippen LogP contribution >= 0.6 is 15.9 Å². The topological polar surface area (TPSA) is 0 Å². The highest BCUT2D eigenvalue weighted by Crippen LogP contribution is 2.33. The van der Waals surface area contributed by atoms with Crippen LogP contribution in [0.25, 0.3) is 0 Å². The molecule has 1 aromatic carbocycles. The SMILES string of the molecule is Fc1ccccc1CCC(Br)C1CCCC1. The summed E-state index contributed by atoms with van der Waals surface area (Å²) in [6, 6.07) is 7.11. The molecule has 16 heavy (non-hydrogen) atoms. The molecular weight excluding hydrogens is 267 g/mol. The van der Waals surface area contributed by atoms with Crippen LogP contribution in [0.5, 0.6) is 0 Å². The summed E-state index contributed by atoms with van der Waals surface area (Å²) >= 11 is 3.76. The van der Waals surface area contributed by atoms with Crippen molar-refractivity contribution in [2.45, 2.75) is 43.4 Å². The molecule has 1 aliphatic carbocycles. The molecule has 88 valence electrons. The van der Waals surface area contributed by atoms with Gasteiger partial charge in [-0.3, -0.25) is 0 Å². The fraction of sp³-hybridized carbons (Fsp3) is 0.571. The van der Waals surface area contributed by atoms with Gasteiger partial charge in [-0.1, -0.05) is 47.0 Å². The Morgan fingerprint density at radius 3 is 2.62 bits per heavy atom. The summed E-state index contributed by atoms with van der Waals surface area (Å²) in [7, 11) is 0. The minimum Gasteiger partial charge on any atom is -0.207 e. The first kappa shape index (κ1) is 12.1. The molecule has 0 spiro atoms. The molecule has 0 N–H and O–H groups in total. The first-order chi connectivity index (χ1) is 7.77. The van der Waals surface area contributed by atoms with Crippen molar-refractivity contribution in [1.82, 2.24) is 0 Å². The van der Waals surface area contributed by atoms with Crippen molar-refractivity contribution in [2.75, 3.05) is 0 Å². The number of aryl methyl sites for hydroxylation is 1. The third-order valence-electron chi connectivity index (χ3n) is 3.56. The van der Waals surface area contributed by atoms with E-state index in [1.165, 1.54) is 25.7 Å². The van der Waals surface area contributed by atoms with Gasteiger partial charge in [0.2, 0.25) is 0 Å². The van der Waals surface area contributed by atoms with Crippen LogP contribution in [-0.4, -0.2) is 4.83 Å². The molecule has 0 aromatic heterocycles. The summed E-state index contributed by atoms with van der Waals surface area (Å²) < 4.78 is 13.4. The number of halogens is 2. The average Bonchev–Trinajstić information content (AvgIpc) is 2.81. The van der Waals surface area contributed by atoms with Gasteiger partial charge >= 0.3 is 0 Å². The molecule has 1 unspecified atom stereocenters. The van der Waals surface area contributed by atoms with Crippen LogP contribution in [0.15, 0.2) is 24.3 Å². The Balaban J connectivity index is 1.84. The highest BCUT2D eigenvalue weighted by molar-refractivity contribution is 9.09. The summed E-state index contributed by atoms with van der Waals surface area (Å²) in [5.41, 5.74) is 0.852. The van der Waals surface area contributed by atoms with E-state index < -0.39 is 0 Å². The van der Waals surface area contributed by atoms with Crippen molar-refractivity contribution >= 4 is 15.9 Å². The molecule has 1 aliphatic rings. The highest BCUT2D eigenvalue weighted by atomic mass is 79.9. The average molecular weight is 285 g/mol. The van der Waals surface area contributed by atoms with Crippen molar-refractivity contribution in [2.24, 2.45) is 5.92 Å². The van der Waals surface area contributed by atoms with Gasteiger partial charge in [-0.2, -0.15) is 0 Å². The van der Waals surface area contributed by atoms with E-state index in [1.807, 2.05) is 12.1 Å². The van der Waals surface area contributed by atoms with Gasteiger partial charge < -0.3 is 0 Å². The maximum atomic E-state index is 13.4. The van der Waals surface area contributed by atoms with Gasteiger partial charge in [-0.05, 0) is 43.2 Å². The molecule has 1 fully saturated rings. The van der Waals surface area contributed by atoms with Crippen LogP contribution < -0.4 is 0 Å². The molecule has 2 rings (SSSR count). The second-order valence-corrected chi connectivity index (χ2v) is 5.87. The van der Waals surface area contributed by atoms with E-state index in [0.29, 0.717) is 4.83 Å². The Morgan fingerprint density at radius 2 is 1.94 bits per heavy atom. The number of rotatable bonds is 4. The van der Waals surface area contributed by atoms with Crippen molar-refractivity contribution in [1.29, 1.82) is 0 Å². The van der Waals surface area contributed by atoms with Gasteiger partial charge in [0.1, 0.15) is 5.82 Å². The zero-order chi connectivity index (χ0) is 11.4. The Bertz CT molecular complexity index is 331. The van der Waals surface area contributed by atoms with Crippen LogP contribution in [0.3, 0.4) is 0 Å².